The minimum Gasteiger partial charge on any atom is -0.481 e. The molecule has 2 amide bonds. The van der Waals surface area contributed by atoms with Crippen LogP contribution in [0.2, 0.25) is 0 Å². The third-order valence-corrected chi connectivity index (χ3v) is 9.29. The van der Waals surface area contributed by atoms with E-state index in [1.807, 2.05) is 13.8 Å². The molecule has 1 unspecified atom stereocenters. The van der Waals surface area contributed by atoms with E-state index in [-0.39, 0.29) is 35.1 Å². The number of carboxylic acids is 1. The van der Waals surface area contributed by atoms with Crippen LogP contribution < -0.4 is 5.32 Å². The fourth-order valence-electron chi connectivity index (χ4n) is 7.05. The number of piperidine rings is 1. The first-order valence-electron chi connectivity index (χ1n) is 14.4. The van der Waals surface area contributed by atoms with Gasteiger partial charge in [-0.25, -0.2) is 22.5 Å². The minimum absolute atomic E-state index is 0.00885. The van der Waals surface area contributed by atoms with Crippen molar-refractivity contribution in [3.05, 3.63) is 94.4 Å². The van der Waals surface area contributed by atoms with Gasteiger partial charge in [0.25, 0.3) is 5.91 Å². The molecule has 4 atom stereocenters. The number of aryl methyl sites for hydroxylation is 2. The zero-order valence-electron chi connectivity index (χ0n) is 24.9. The molecule has 8 nitrogen and oxygen atoms in total. The van der Waals surface area contributed by atoms with Crippen LogP contribution in [-0.4, -0.2) is 49.8 Å². The van der Waals surface area contributed by atoms with Gasteiger partial charge in [-0.2, -0.15) is 0 Å². The molecule has 2 aliphatic rings. The maximum Gasteiger partial charge on any atom is 0.305 e. The number of benzene rings is 2. The van der Waals surface area contributed by atoms with Crippen molar-refractivity contribution < 1.29 is 37.1 Å². The number of amides is 2. The number of hydrogen-bond donors (Lipinski definition) is 2. The lowest BCUT2D eigenvalue weighted by Gasteiger charge is -2.31. The van der Waals surface area contributed by atoms with Crippen molar-refractivity contribution >= 4 is 23.4 Å². The van der Waals surface area contributed by atoms with Crippen LogP contribution in [0.15, 0.2) is 48.8 Å². The Bertz CT molecular complexity index is 1880. The lowest BCUT2D eigenvalue weighted by Crippen LogP contribution is -2.50. The van der Waals surface area contributed by atoms with Crippen LogP contribution >= 0.6 is 0 Å². The third kappa shape index (κ3) is 5.21. The van der Waals surface area contributed by atoms with Crippen LogP contribution in [0.1, 0.15) is 53.5 Å². The maximum absolute atomic E-state index is 15.4. The zero-order chi connectivity index (χ0) is 32.5. The molecular weight excluding hydrogens is 592 g/mol. The van der Waals surface area contributed by atoms with Crippen molar-refractivity contribution in [3.8, 4) is 11.1 Å². The topological polar surface area (TPSA) is 104 Å². The molecule has 0 radical (unpaired) electrons. The highest BCUT2D eigenvalue weighted by molar-refractivity contribution is 5.98. The molecule has 45 heavy (non-hydrogen) atoms. The average Bonchev–Trinajstić information content (AvgIpc) is 3.30. The molecule has 1 aliphatic heterocycles. The second-order valence-electron chi connectivity index (χ2n) is 12.5. The van der Waals surface area contributed by atoms with Gasteiger partial charge in [0, 0.05) is 24.5 Å². The molecule has 2 aromatic carbocycles. The molecule has 1 saturated heterocycles. The van der Waals surface area contributed by atoms with Gasteiger partial charge in [0.1, 0.15) is 29.0 Å². The Balaban J connectivity index is 1.35. The van der Waals surface area contributed by atoms with E-state index in [9.17, 15) is 28.3 Å². The van der Waals surface area contributed by atoms with Gasteiger partial charge in [0.15, 0.2) is 11.6 Å². The number of aromatic nitrogens is 2. The summed E-state index contributed by atoms with van der Waals surface area (Å²) in [7, 11) is 0. The van der Waals surface area contributed by atoms with Crippen LogP contribution in [0.4, 0.5) is 17.6 Å². The number of nitrogens with one attached hydrogen (secondary N) is 1. The lowest BCUT2D eigenvalue weighted by atomic mass is 9.91. The van der Waals surface area contributed by atoms with Crippen molar-refractivity contribution in [2.75, 3.05) is 6.54 Å². The number of carboxylic acid groups (broad SMARTS) is 1. The van der Waals surface area contributed by atoms with Gasteiger partial charge >= 0.3 is 5.97 Å². The minimum atomic E-state index is -1.50. The zero-order valence-corrected chi connectivity index (χ0v) is 24.9. The van der Waals surface area contributed by atoms with Crippen molar-refractivity contribution in [1.29, 1.82) is 0 Å². The van der Waals surface area contributed by atoms with E-state index in [0.29, 0.717) is 22.3 Å². The van der Waals surface area contributed by atoms with Crippen LogP contribution in [0.25, 0.3) is 16.8 Å². The maximum atomic E-state index is 15.4. The highest BCUT2D eigenvalue weighted by Gasteiger charge is 2.69. The summed E-state index contributed by atoms with van der Waals surface area (Å²) < 4.78 is 59.5. The van der Waals surface area contributed by atoms with Gasteiger partial charge in [-0.05, 0) is 89.8 Å². The fourth-order valence-corrected chi connectivity index (χ4v) is 7.05. The normalized spacial score (nSPS) is 20.6. The van der Waals surface area contributed by atoms with Crippen LogP contribution in [0.3, 0.4) is 0 Å². The van der Waals surface area contributed by atoms with E-state index in [4.69, 9.17) is 0 Å². The summed E-state index contributed by atoms with van der Waals surface area (Å²) in [5.74, 6) is -6.60. The van der Waals surface area contributed by atoms with Gasteiger partial charge in [-0.3, -0.25) is 14.4 Å². The summed E-state index contributed by atoms with van der Waals surface area (Å²) in [6.45, 7) is 7.36. The average molecular weight is 623 g/mol. The Labute approximate surface area is 255 Å². The summed E-state index contributed by atoms with van der Waals surface area (Å²) in [4.78, 5) is 45.2. The number of likely N-dealkylation sites (tertiary alicyclic amines) is 1. The van der Waals surface area contributed by atoms with Gasteiger partial charge in [0.05, 0.1) is 12.5 Å². The van der Waals surface area contributed by atoms with Gasteiger partial charge < -0.3 is 19.7 Å². The first-order chi connectivity index (χ1) is 21.2. The summed E-state index contributed by atoms with van der Waals surface area (Å²) in [6, 6.07) is 4.78. The molecule has 6 rings (SSSR count). The largest absolute Gasteiger partial charge is 0.481 e. The number of hydrogen-bond acceptors (Lipinski definition) is 4. The van der Waals surface area contributed by atoms with Crippen molar-refractivity contribution in [2.45, 2.75) is 46.2 Å². The van der Waals surface area contributed by atoms with Crippen LogP contribution in [0, 0.1) is 54.4 Å². The Morgan fingerprint density at radius 3 is 2.38 bits per heavy atom. The quantitative estimate of drug-likeness (QED) is 0.261. The SMILES string of the molecule is Cc1cc(F)cc(C)c1-c1cc(F)c(F)c(C(CC(=O)O)NC(=O)[C@@H]2[C@@H]3[C@H](CN2C(=O)c2cn4cc(F)ccc4n2)C3(C)C)c1. The van der Waals surface area contributed by atoms with E-state index in [2.05, 4.69) is 10.3 Å². The Morgan fingerprint density at radius 1 is 1.02 bits per heavy atom. The number of pyridine rings is 1. The predicted octanol–water partition coefficient (Wildman–Crippen LogP) is 5.60. The lowest BCUT2D eigenvalue weighted by molar-refractivity contribution is -0.138. The number of aliphatic carboxylic acids is 1. The number of carbonyl (C=O) groups is 3. The molecular formula is C33H30F4N4O4. The number of halogens is 4. The Morgan fingerprint density at radius 2 is 1.71 bits per heavy atom. The molecule has 1 saturated carbocycles. The highest BCUT2D eigenvalue weighted by atomic mass is 19.2. The molecule has 3 heterocycles. The number of fused-ring (bicyclic) bond motifs is 2. The smallest absolute Gasteiger partial charge is 0.305 e. The monoisotopic (exact) mass is 622 g/mol. The summed E-state index contributed by atoms with van der Waals surface area (Å²) in [5, 5.41) is 12.3. The molecule has 2 aromatic heterocycles. The first-order valence-corrected chi connectivity index (χ1v) is 14.4. The molecule has 1 aliphatic carbocycles. The van der Waals surface area contributed by atoms with Crippen LogP contribution in [-0.2, 0) is 9.59 Å². The number of rotatable bonds is 7. The second-order valence-corrected chi connectivity index (χ2v) is 12.5. The molecule has 0 spiro atoms. The van der Waals surface area contributed by atoms with E-state index in [0.717, 1.165) is 6.07 Å². The van der Waals surface area contributed by atoms with Crippen LogP contribution in [0.5, 0.6) is 0 Å². The Kier molecular flexibility index (Phi) is 7.21. The van der Waals surface area contributed by atoms with Gasteiger partial charge in [-0.15, -0.1) is 0 Å². The molecule has 2 N–H and O–H groups in total. The summed E-state index contributed by atoms with van der Waals surface area (Å²) in [6.07, 6.45) is 1.76. The van der Waals surface area contributed by atoms with E-state index in [1.54, 1.807) is 13.8 Å². The number of carbonyl (C=O) groups excluding carboxylic acids is 2. The third-order valence-electron chi connectivity index (χ3n) is 9.29. The number of nitrogens with zero attached hydrogens (tertiary/aromatic N) is 3. The standard InChI is InChI=1S/C33H30F4N4O4/c1-15-7-19(35)8-16(2)27(15)17-9-20(29(37)22(36)10-17)23(11-26(42)43)39-31(44)30-28-21(33(28,3)4)13-41(30)32(45)24-14-40-12-18(34)5-6-25(40)38-24/h5-10,12,14,21,23,28,30H,11,13H2,1-4H3,(H,39,44)(H,42,43)/t21-,23?,28-,30-/m0/s1. The van der Waals surface area contributed by atoms with Gasteiger partial charge in [0.2, 0.25) is 5.91 Å². The summed E-state index contributed by atoms with van der Waals surface area (Å²) in [5.41, 5.74) is 1.17. The molecule has 0 bridgehead atoms. The predicted molar refractivity (Wildman–Crippen MR) is 155 cm³/mol. The molecule has 234 valence electrons. The van der Waals surface area contributed by atoms with Crippen molar-refractivity contribution in [1.82, 2.24) is 19.6 Å². The Hall–Kier alpha value is -4.74. The summed E-state index contributed by atoms with van der Waals surface area (Å²) >= 11 is 0. The highest BCUT2D eigenvalue weighted by Crippen LogP contribution is 2.65. The fraction of sp³-hybridized carbons (Fsp3) is 0.333. The van der Waals surface area contributed by atoms with E-state index in [1.165, 1.54) is 52.0 Å². The van der Waals surface area contributed by atoms with Crippen molar-refractivity contribution in [3.63, 3.8) is 0 Å². The first kappa shape index (κ1) is 30.3. The van der Waals surface area contributed by atoms with Crippen molar-refractivity contribution in [2.24, 2.45) is 17.3 Å². The molecule has 12 heteroatoms. The molecule has 2 fully saturated rings. The van der Waals surface area contributed by atoms with Gasteiger partial charge in [-0.1, -0.05) is 13.8 Å². The second kappa shape index (κ2) is 10.7. The van der Waals surface area contributed by atoms with E-state index < -0.39 is 65.1 Å². The molecule has 4 aromatic rings. The number of imidazole rings is 1. The van der Waals surface area contributed by atoms with E-state index >= 15 is 8.78 Å².